The van der Waals surface area contributed by atoms with E-state index in [-0.39, 0.29) is 32.7 Å². The quantitative estimate of drug-likeness (QED) is 0.454. The molecule has 11 heteroatoms. The number of anilines is 1. The van der Waals surface area contributed by atoms with Crippen LogP contribution in [0, 0.1) is 11.6 Å². The Balaban J connectivity index is 1.67. The van der Waals surface area contributed by atoms with Crippen molar-refractivity contribution in [2.45, 2.75) is 15.5 Å². The van der Waals surface area contributed by atoms with Crippen molar-refractivity contribution in [1.29, 1.82) is 0 Å². The molecular formula is C24H19F2NO6S2. The van der Waals surface area contributed by atoms with Crippen LogP contribution >= 0.6 is 11.8 Å². The highest BCUT2D eigenvalue weighted by Gasteiger charge is 2.26. The van der Waals surface area contributed by atoms with Crippen LogP contribution in [0.1, 0.15) is 11.1 Å². The molecule has 1 aliphatic rings. The lowest BCUT2D eigenvalue weighted by Crippen LogP contribution is -2.18. The molecule has 4 rings (SSSR count). The number of aromatic hydroxyl groups is 1. The third kappa shape index (κ3) is 4.96. The Labute approximate surface area is 204 Å². The number of amides is 1. The average molecular weight is 520 g/mol. The maximum Gasteiger partial charge on any atom is 0.262 e. The lowest BCUT2D eigenvalue weighted by atomic mass is 10.1. The van der Waals surface area contributed by atoms with Crippen molar-refractivity contribution in [2.24, 2.45) is 0 Å². The molecule has 1 aliphatic heterocycles. The molecule has 0 saturated carbocycles. The van der Waals surface area contributed by atoms with Gasteiger partial charge in [0, 0.05) is 22.6 Å². The minimum absolute atomic E-state index is 0.0732. The number of ether oxygens (including phenoxy) is 2. The van der Waals surface area contributed by atoms with E-state index in [0.717, 1.165) is 30.0 Å². The van der Waals surface area contributed by atoms with Gasteiger partial charge in [0.15, 0.2) is 9.84 Å². The second-order valence-corrected chi connectivity index (χ2v) is 10.5. The summed E-state index contributed by atoms with van der Waals surface area (Å²) in [6.07, 6.45) is 1.53. The number of fused-ring (bicyclic) bond motifs is 1. The molecule has 7 nitrogen and oxygen atoms in total. The Kier molecular flexibility index (Phi) is 6.73. The molecule has 3 aromatic rings. The summed E-state index contributed by atoms with van der Waals surface area (Å²) in [4.78, 5) is 13.4. The summed E-state index contributed by atoms with van der Waals surface area (Å²) >= 11 is 1.09. The number of thioether (sulfide) groups is 1. The summed E-state index contributed by atoms with van der Waals surface area (Å²) < 4.78 is 64.2. The standard InChI is InChI=1S/C24H19F2NO6S2/c1-32-20-8-13(28)9-21(33-2)15(20)11-23-24(29)27-19-10-14(6-7-22(19)34-23)35(30,31)12-16-17(25)4-3-5-18(16)26/h3-11,28H,12H2,1-2H3,(H,27,29)/b23-11+. The summed E-state index contributed by atoms with van der Waals surface area (Å²) in [7, 11) is -1.28. The van der Waals surface area contributed by atoms with Gasteiger partial charge in [-0.1, -0.05) is 17.8 Å². The number of hydrogen-bond acceptors (Lipinski definition) is 7. The van der Waals surface area contributed by atoms with E-state index in [1.807, 2.05) is 0 Å². The zero-order valence-corrected chi connectivity index (χ0v) is 20.1. The van der Waals surface area contributed by atoms with Crippen LogP contribution in [-0.2, 0) is 20.4 Å². The van der Waals surface area contributed by atoms with Crippen LogP contribution in [0.15, 0.2) is 63.2 Å². The summed E-state index contributed by atoms with van der Waals surface area (Å²) in [5.41, 5.74) is 0.127. The van der Waals surface area contributed by atoms with Crippen molar-refractivity contribution in [3.8, 4) is 17.2 Å². The monoisotopic (exact) mass is 519 g/mol. The zero-order chi connectivity index (χ0) is 25.3. The fraction of sp³-hybridized carbons (Fsp3) is 0.125. The van der Waals surface area contributed by atoms with E-state index in [0.29, 0.717) is 10.5 Å². The van der Waals surface area contributed by atoms with Crippen molar-refractivity contribution in [1.82, 2.24) is 0 Å². The van der Waals surface area contributed by atoms with Gasteiger partial charge >= 0.3 is 0 Å². The first-order chi connectivity index (χ1) is 16.6. The van der Waals surface area contributed by atoms with Crippen LogP contribution in [0.4, 0.5) is 14.5 Å². The molecule has 35 heavy (non-hydrogen) atoms. The molecule has 1 amide bonds. The van der Waals surface area contributed by atoms with Crippen molar-refractivity contribution >= 4 is 39.3 Å². The van der Waals surface area contributed by atoms with Crippen LogP contribution in [0.25, 0.3) is 6.08 Å². The fourth-order valence-electron chi connectivity index (χ4n) is 3.47. The van der Waals surface area contributed by atoms with E-state index < -0.39 is 38.7 Å². The van der Waals surface area contributed by atoms with Crippen LogP contribution in [0.3, 0.4) is 0 Å². The second-order valence-electron chi connectivity index (χ2n) is 7.45. The molecule has 0 aromatic heterocycles. The Morgan fingerprint density at radius 3 is 2.26 bits per heavy atom. The molecule has 1 heterocycles. The van der Waals surface area contributed by atoms with Crippen molar-refractivity contribution < 1.29 is 36.6 Å². The Morgan fingerprint density at radius 2 is 1.66 bits per heavy atom. The number of carbonyl (C=O) groups excluding carboxylic acids is 1. The highest BCUT2D eigenvalue weighted by atomic mass is 32.2. The van der Waals surface area contributed by atoms with Gasteiger partial charge in [-0.15, -0.1) is 0 Å². The Hall–Kier alpha value is -3.57. The Morgan fingerprint density at radius 1 is 1.03 bits per heavy atom. The molecule has 0 unspecified atom stereocenters. The zero-order valence-electron chi connectivity index (χ0n) is 18.5. The smallest absolute Gasteiger partial charge is 0.262 e. The van der Waals surface area contributed by atoms with Gasteiger partial charge in [-0.05, 0) is 36.4 Å². The largest absolute Gasteiger partial charge is 0.508 e. The third-order valence-electron chi connectivity index (χ3n) is 5.20. The van der Waals surface area contributed by atoms with Crippen LogP contribution in [0.5, 0.6) is 17.2 Å². The SMILES string of the molecule is COc1cc(O)cc(OC)c1/C=C1/Sc2ccc(S(=O)(=O)Cc3c(F)cccc3F)cc2NC1=O. The van der Waals surface area contributed by atoms with Gasteiger partial charge < -0.3 is 19.9 Å². The summed E-state index contributed by atoms with van der Waals surface area (Å²) in [5.74, 6) is -2.77. The molecular weight excluding hydrogens is 500 g/mol. The molecule has 0 atom stereocenters. The molecule has 0 fully saturated rings. The third-order valence-corrected chi connectivity index (χ3v) is 7.94. The highest BCUT2D eigenvalue weighted by molar-refractivity contribution is 8.04. The van der Waals surface area contributed by atoms with Gasteiger partial charge in [-0.3, -0.25) is 4.79 Å². The average Bonchev–Trinajstić information content (AvgIpc) is 2.82. The highest BCUT2D eigenvalue weighted by Crippen LogP contribution is 2.43. The summed E-state index contributed by atoms with van der Waals surface area (Å²) in [5, 5.41) is 12.5. The molecule has 0 bridgehead atoms. The number of rotatable bonds is 6. The molecule has 3 aromatic carbocycles. The van der Waals surface area contributed by atoms with Crippen LogP contribution < -0.4 is 14.8 Å². The molecule has 0 saturated heterocycles. The minimum atomic E-state index is -4.11. The van der Waals surface area contributed by atoms with E-state index >= 15 is 0 Å². The van der Waals surface area contributed by atoms with Gasteiger partial charge in [-0.25, -0.2) is 17.2 Å². The predicted octanol–water partition coefficient (Wildman–Crippen LogP) is 4.75. The van der Waals surface area contributed by atoms with Crippen LogP contribution in [-0.4, -0.2) is 33.7 Å². The summed E-state index contributed by atoms with van der Waals surface area (Å²) in [6.45, 7) is 0. The first kappa shape index (κ1) is 24.6. The topological polar surface area (TPSA) is 102 Å². The second kappa shape index (κ2) is 9.59. The lowest BCUT2D eigenvalue weighted by Gasteiger charge is -2.20. The van der Waals surface area contributed by atoms with Gasteiger partial charge in [0.1, 0.15) is 28.9 Å². The van der Waals surface area contributed by atoms with E-state index in [9.17, 15) is 27.1 Å². The molecule has 2 N–H and O–H groups in total. The normalized spacial score (nSPS) is 14.4. The number of phenolic OH excluding ortho intramolecular Hbond substituents is 1. The maximum absolute atomic E-state index is 14.0. The lowest BCUT2D eigenvalue weighted by molar-refractivity contribution is -0.112. The van der Waals surface area contributed by atoms with Gasteiger partial charge in [-0.2, -0.15) is 0 Å². The molecule has 182 valence electrons. The number of carbonyl (C=O) groups is 1. The number of nitrogens with one attached hydrogen (secondary N) is 1. The molecule has 0 radical (unpaired) electrons. The van der Waals surface area contributed by atoms with Crippen molar-refractivity contribution in [3.05, 3.63) is 76.2 Å². The van der Waals surface area contributed by atoms with E-state index in [1.54, 1.807) is 0 Å². The van der Waals surface area contributed by atoms with E-state index in [1.165, 1.54) is 50.6 Å². The Bertz CT molecular complexity index is 1430. The minimum Gasteiger partial charge on any atom is -0.508 e. The number of hydrogen-bond donors (Lipinski definition) is 2. The predicted molar refractivity (Wildman–Crippen MR) is 127 cm³/mol. The van der Waals surface area contributed by atoms with E-state index in [2.05, 4.69) is 5.32 Å². The number of sulfone groups is 1. The first-order valence-electron chi connectivity index (χ1n) is 10.1. The molecule has 0 spiro atoms. The first-order valence-corrected chi connectivity index (χ1v) is 12.6. The van der Waals surface area contributed by atoms with Gasteiger partial charge in [0.2, 0.25) is 0 Å². The van der Waals surface area contributed by atoms with Crippen LogP contribution in [0.2, 0.25) is 0 Å². The number of phenols is 1. The van der Waals surface area contributed by atoms with Gasteiger partial charge in [0.25, 0.3) is 5.91 Å². The van der Waals surface area contributed by atoms with Crippen molar-refractivity contribution in [3.63, 3.8) is 0 Å². The number of benzene rings is 3. The fourth-order valence-corrected chi connectivity index (χ4v) is 5.78. The number of methoxy groups -OCH3 is 2. The van der Waals surface area contributed by atoms with Gasteiger partial charge in [0.05, 0.1) is 41.0 Å². The summed E-state index contributed by atoms with van der Waals surface area (Å²) in [6, 6.07) is 9.97. The van der Waals surface area contributed by atoms with Crippen molar-refractivity contribution in [2.75, 3.05) is 19.5 Å². The maximum atomic E-state index is 14.0. The van der Waals surface area contributed by atoms with E-state index in [4.69, 9.17) is 9.47 Å². The molecule has 0 aliphatic carbocycles. The number of halogens is 2.